The molecule has 7 nitrogen and oxygen atoms in total. The maximum atomic E-state index is 12.6. The van der Waals surface area contributed by atoms with Crippen molar-refractivity contribution in [2.45, 2.75) is 45.4 Å². The van der Waals surface area contributed by atoms with Gasteiger partial charge in [-0.1, -0.05) is 29.8 Å². The Morgan fingerprint density at radius 1 is 1.27 bits per heavy atom. The van der Waals surface area contributed by atoms with Crippen LogP contribution in [0, 0.1) is 0 Å². The van der Waals surface area contributed by atoms with E-state index in [-0.39, 0.29) is 37.0 Å². The number of aryl methyl sites for hydroxylation is 1. The van der Waals surface area contributed by atoms with Gasteiger partial charge in [0.05, 0.1) is 30.3 Å². The predicted octanol–water partition coefficient (Wildman–Crippen LogP) is 3.70. The van der Waals surface area contributed by atoms with Gasteiger partial charge in [-0.3, -0.25) is 19.0 Å². The van der Waals surface area contributed by atoms with Crippen LogP contribution in [-0.2, 0) is 20.9 Å². The van der Waals surface area contributed by atoms with Gasteiger partial charge in [0, 0.05) is 18.0 Å². The third-order valence-electron chi connectivity index (χ3n) is 4.38. The Bertz CT molecular complexity index is 1110. The molecule has 0 saturated heterocycles. The lowest BCUT2D eigenvalue weighted by Crippen LogP contribution is -2.32. The van der Waals surface area contributed by atoms with E-state index < -0.39 is 12.0 Å². The molecular weight excluding hydrogens is 426 g/mol. The normalized spacial score (nSPS) is 12.1. The molecule has 0 aliphatic rings. The largest absolute Gasteiger partial charge is 0.463 e. The van der Waals surface area contributed by atoms with Crippen LogP contribution in [0.25, 0.3) is 10.2 Å². The van der Waals surface area contributed by atoms with Crippen LogP contribution >= 0.6 is 22.9 Å². The van der Waals surface area contributed by atoms with E-state index in [1.807, 2.05) is 0 Å². The van der Waals surface area contributed by atoms with Crippen LogP contribution in [0.1, 0.15) is 38.3 Å². The molecule has 0 saturated carbocycles. The topological polar surface area (TPSA) is 90.3 Å². The summed E-state index contributed by atoms with van der Waals surface area (Å²) in [5.41, 5.74) is 0.448. The fourth-order valence-electron chi connectivity index (χ4n) is 3.02. The molecule has 3 aromatic rings. The Hall–Kier alpha value is -2.71. The van der Waals surface area contributed by atoms with Gasteiger partial charge < -0.3 is 10.1 Å². The monoisotopic (exact) mass is 447 g/mol. The molecule has 1 unspecified atom stereocenters. The molecule has 30 heavy (non-hydrogen) atoms. The molecule has 1 atom stereocenters. The van der Waals surface area contributed by atoms with Gasteiger partial charge >= 0.3 is 5.97 Å². The quantitative estimate of drug-likeness (QED) is 0.532. The lowest BCUT2D eigenvalue weighted by atomic mass is 10.0. The van der Waals surface area contributed by atoms with Crippen molar-refractivity contribution in [2.75, 3.05) is 0 Å². The predicted molar refractivity (Wildman–Crippen MR) is 117 cm³/mol. The van der Waals surface area contributed by atoms with Crippen molar-refractivity contribution in [3.05, 3.63) is 63.0 Å². The van der Waals surface area contributed by atoms with Crippen LogP contribution in [0.15, 0.2) is 46.8 Å². The first-order chi connectivity index (χ1) is 14.3. The van der Waals surface area contributed by atoms with Crippen LogP contribution in [0.2, 0.25) is 5.02 Å². The molecule has 2 heterocycles. The summed E-state index contributed by atoms with van der Waals surface area (Å²) >= 11 is 7.67. The molecule has 0 bridgehead atoms. The van der Waals surface area contributed by atoms with Crippen molar-refractivity contribution in [1.82, 2.24) is 14.9 Å². The number of nitrogens with zero attached hydrogens (tertiary/aromatic N) is 2. The van der Waals surface area contributed by atoms with Crippen LogP contribution in [0.4, 0.5) is 0 Å². The second-order valence-electron chi connectivity index (χ2n) is 7.02. The Morgan fingerprint density at radius 3 is 2.77 bits per heavy atom. The number of aromatic nitrogens is 2. The van der Waals surface area contributed by atoms with Crippen molar-refractivity contribution in [2.24, 2.45) is 0 Å². The first-order valence-electron chi connectivity index (χ1n) is 9.51. The van der Waals surface area contributed by atoms with E-state index in [9.17, 15) is 14.4 Å². The molecule has 2 aromatic heterocycles. The average molecular weight is 448 g/mol. The molecule has 0 radical (unpaired) electrons. The Morgan fingerprint density at radius 2 is 2.03 bits per heavy atom. The van der Waals surface area contributed by atoms with E-state index in [4.69, 9.17) is 16.3 Å². The number of carbonyl (C=O) groups excluding carboxylic acids is 2. The number of benzene rings is 1. The van der Waals surface area contributed by atoms with Gasteiger partial charge in [0.2, 0.25) is 5.91 Å². The van der Waals surface area contributed by atoms with Crippen LogP contribution in [0.3, 0.4) is 0 Å². The highest BCUT2D eigenvalue weighted by Gasteiger charge is 2.22. The lowest BCUT2D eigenvalue weighted by Gasteiger charge is -2.20. The summed E-state index contributed by atoms with van der Waals surface area (Å²) in [6, 6.07) is 8.11. The molecule has 0 fully saturated rings. The number of nitrogens with one attached hydrogen (secondary N) is 1. The number of thiophene rings is 1. The molecule has 1 amide bonds. The standard InChI is InChI=1S/C21H22ClN3O4S/c1-13(2)29-19(27)11-17(14-5-3-4-6-16(14)22)24-18(26)7-9-25-12-23-20-15(21(25)28)8-10-30-20/h3-6,8,10,12-13,17H,7,9,11H2,1-2H3,(H,24,26). The summed E-state index contributed by atoms with van der Waals surface area (Å²) < 4.78 is 6.62. The van der Waals surface area contributed by atoms with Gasteiger partial charge in [0.25, 0.3) is 5.56 Å². The third-order valence-corrected chi connectivity index (χ3v) is 5.55. The van der Waals surface area contributed by atoms with Crippen molar-refractivity contribution in [1.29, 1.82) is 0 Å². The fourth-order valence-corrected chi connectivity index (χ4v) is 4.01. The van der Waals surface area contributed by atoms with E-state index in [2.05, 4.69) is 10.3 Å². The van der Waals surface area contributed by atoms with Gasteiger partial charge in [-0.2, -0.15) is 0 Å². The highest BCUT2D eigenvalue weighted by atomic mass is 35.5. The van der Waals surface area contributed by atoms with Gasteiger partial charge in [-0.15, -0.1) is 11.3 Å². The maximum absolute atomic E-state index is 12.6. The average Bonchev–Trinajstić information content (AvgIpc) is 3.16. The van der Waals surface area contributed by atoms with Crippen molar-refractivity contribution >= 4 is 45.0 Å². The Balaban J connectivity index is 1.70. The van der Waals surface area contributed by atoms with Gasteiger partial charge in [-0.25, -0.2) is 4.98 Å². The number of carbonyl (C=O) groups is 2. The smallest absolute Gasteiger partial charge is 0.308 e. The summed E-state index contributed by atoms with van der Waals surface area (Å²) in [5, 5.41) is 5.63. The van der Waals surface area contributed by atoms with Crippen LogP contribution in [-0.4, -0.2) is 27.5 Å². The number of amides is 1. The number of hydrogen-bond acceptors (Lipinski definition) is 6. The highest BCUT2D eigenvalue weighted by Crippen LogP contribution is 2.26. The van der Waals surface area contributed by atoms with E-state index in [0.717, 1.165) is 0 Å². The maximum Gasteiger partial charge on any atom is 0.308 e. The SMILES string of the molecule is CC(C)OC(=O)CC(NC(=O)CCn1cnc2sccc2c1=O)c1ccccc1Cl. The number of ether oxygens (including phenoxy) is 1. The van der Waals surface area contributed by atoms with Gasteiger partial charge in [0.15, 0.2) is 0 Å². The molecule has 1 N–H and O–H groups in total. The van der Waals surface area contributed by atoms with E-state index in [1.54, 1.807) is 49.6 Å². The van der Waals surface area contributed by atoms with Crippen molar-refractivity contribution < 1.29 is 14.3 Å². The minimum atomic E-state index is -0.633. The molecule has 9 heteroatoms. The third kappa shape index (κ3) is 5.46. The second kappa shape index (κ2) is 9.86. The summed E-state index contributed by atoms with van der Waals surface area (Å²) in [6.45, 7) is 3.70. The molecule has 0 aliphatic heterocycles. The van der Waals surface area contributed by atoms with Gasteiger partial charge in [-0.05, 0) is 36.9 Å². The first-order valence-corrected chi connectivity index (χ1v) is 10.8. The highest BCUT2D eigenvalue weighted by molar-refractivity contribution is 7.16. The molecular formula is C21H22ClN3O4S. The van der Waals surface area contributed by atoms with E-state index >= 15 is 0 Å². The van der Waals surface area contributed by atoms with Gasteiger partial charge in [0.1, 0.15) is 4.83 Å². The Labute approximate surface area is 182 Å². The summed E-state index contributed by atoms with van der Waals surface area (Å²) in [5.74, 6) is -0.742. The summed E-state index contributed by atoms with van der Waals surface area (Å²) in [6.07, 6.45) is 1.19. The minimum Gasteiger partial charge on any atom is -0.463 e. The zero-order chi connectivity index (χ0) is 21.7. The number of fused-ring (bicyclic) bond motifs is 1. The number of rotatable bonds is 8. The first kappa shape index (κ1) is 22.0. The minimum absolute atomic E-state index is 0.0456. The zero-order valence-corrected chi connectivity index (χ0v) is 18.2. The molecule has 1 aromatic carbocycles. The van der Waals surface area contributed by atoms with E-state index in [1.165, 1.54) is 22.2 Å². The molecule has 158 valence electrons. The summed E-state index contributed by atoms with van der Waals surface area (Å²) in [7, 11) is 0. The van der Waals surface area contributed by atoms with Crippen molar-refractivity contribution in [3.8, 4) is 0 Å². The van der Waals surface area contributed by atoms with Crippen LogP contribution in [0.5, 0.6) is 0 Å². The molecule has 3 rings (SSSR count). The Kier molecular flexibility index (Phi) is 7.23. The summed E-state index contributed by atoms with van der Waals surface area (Å²) in [4.78, 5) is 42.1. The number of hydrogen-bond donors (Lipinski definition) is 1. The molecule has 0 spiro atoms. The van der Waals surface area contributed by atoms with Crippen LogP contribution < -0.4 is 10.9 Å². The van der Waals surface area contributed by atoms with Crippen molar-refractivity contribution in [3.63, 3.8) is 0 Å². The number of halogens is 1. The van der Waals surface area contributed by atoms with E-state index in [0.29, 0.717) is 20.8 Å². The second-order valence-corrected chi connectivity index (χ2v) is 8.32. The zero-order valence-electron chi connectivity index (χ0n) is 16.6. The lowest BCUT2D eigenvalue weighted by molar-refractivity contribution is -0.148. The fraction of sp³-hybridized carbons (Fsp3) is 0.333. The number of esters is 1. The molecule has 0 aliphatic carbocycles.